The van der Waals surface area contributed by atoms with E-state index in [-0.39, 0.29) is 37.0 Å². The summed E-state index contributed by atoms with van der Waals surface area (Å²) in [5, 5.41) is 5.50. The lowest BCUT2D eigenvalue weighted by Crippen LogP contribution is -2.46. The molecule has 1 atom stereocenters. The number of nitrogens with zero attached hydrogens (tertiary/aromatic N) is 1. The molecule has 7 nitrogen and oxygen atoms in total. The van der Waals surface area contributed by atoms with Gasteiger partial charge in [0.2, 0.25) is 5.91 Å². The number of rotatable bonds is 7. The lowest BCUT2D eigenvalue weighted by Gasteiger charge is -2.25. The molecule has 7 heteroatoms. The summed E-state index contributed by atoms with van der Waals surface area (Å²) in [6.07, 6.45) is 0.192. The standard InChI is InChI=1S/C20H27N3O4/c1-13-6-8-15(9-7-13)20(5)17(26)23(18(27)22-20)11-10-16(25)21-19(3,4)12-14(2)24/h6-9H,10-12H2,1-5H3,(H,21,25)(H,22,27)/t20-/m0/s1. The third-order valence-corrected chi connectivity index (χ3v) is 4.64. The average molecular weight is 373 g/mol. The summed E-state index contributed by atoms with van der Waals surface area (Å²) in [5.74, 6) is -0.721. The first-order chi connectivity index (χ1) is 12.4. The highest BCUT2D eigenvalue weighted by atomic mass is 16.2. The van der Waals surface area contributed by atoms with E-state index < -0.39 is 17.1 Å². The van der Waals surface area contributed by atoms with Crippen LogP contribution in [-0.2, 0) is 19.9 Å². The van der Waals surface area contributed by atoms with Gasteiger partial charge in [-0.1, -0.05) is 29.8 Å². The van der Waals surface area contributed by atoms with Crippen LogP contribution in [0.4, 0.5) is 4.79 Å². The van der Waals surface area contributed by atoms with Crippen molar-refractivity contribution in [2.45, 2.75) is 58.5 Å². The zero-order valence-electron chi connectivity index (χ0n) is 16.5. The SMILES string of the molecule is CC(=O)CC(C)(C)NC(=O)CCN1C(=O)N[C@@](C)(c2ccc(C)cc2)C1=O. The van der Waals surface area contributed by atoms with E-state index in [9.17, 15) is 19.2 Å². The molecular weight excluding hydrogens is 346 g/mol. The van der Waals surface area contributed by atoms with Gasteiger partial charge in [0.15, 0.2) is 0 Å². The number of carbonyl (C=O) groups is 4. The van der Waals surface area contributed by atoms with E-state index in [0.29, 0.717) is 5.56 Å². The molecule has 146 valence electrons. The topological polar surface area (TPSA) is 95.6 Å². The fourth-order valence-corrected chi connectivity index (χ4v) is 3.30. The summed E-state index contributed by atoms with van der Waals surface area (Å²) in [7, 11) is 0. The van der Waals surface area contributed by atoms with Crippen molar-refractivity contribution in [3.63, 3.8) is 0 Å². The normalized spacial score (nSPS) is 19.8. The molecule has 1 heterocycles. The monoisotopic (exact) mass is 373 g/mol. The minimum atomic E-state index is -1.14. The Hall–Kier alpha value is -2.70. The van der Waals surface area contributed by atoms with Crippen LogP contribution < -0.4 is 10.6 Å². The Kier molecular flexibility index (Phi) is 5.73. The summed E-state index contributed by atoms with van der Waals surface area (Å²) >= 11 is 0. The lowest BCUT2D eigenvalue weighted by molar-refractivity contribution is -0.131. The highest BCUT2D eigenvalue weighted by molar-refractivity contribution is 6.07. The predicted octanol–water partition coefficient (Wildman–Crippen LogP) is 2.03. The molecule has 0 saturated carbocycles. The minimum Gasteiger partial charge on any atom is -0.351 e. The van der Waals surface area contributed by atoms with Crippen molar-refractivity contribution in [2.24, 2.45) is 0 Å². The molecule has 0 spiro atoms. The van der Waals surface area contributed by atoms with E-state index in [4.69, 9.17) is 0 Å². The highest BCUT2D eigenvalue weighted by Gasteiger charge is 2.48. The molecule has 1 aromatic rings. The van der Waals surface area contributed by atoms with E-state index in [2.05, 4.69) is 10.6 Å². The molecule has 1 saturated heterocycles. The van der Waals surface area contributed by atoms with Gasteiger partial charge in [-0.15, -0.1) is 0 Å². The van der Waals surface area contributed by atoms with Crippen molar-refractivity contribution in [1.82, 2.24) is 15.5 Å². The Morgan fingerprint density at radius 2 is 1.78 bits per heavy atom. The van der Waals surface area contributed by atoms with Crippen LogP contribution in [0.1, 0.15) is 51.7 Å². The quantitative estimate of drug-likeness (QED) is 0.715. The van der Waals surface area contributed by atoms with Crippen molar-refractivity contribution in [2.75, 3.05) is 6.54 Å². The number of nitrogens with one attached hydrogen (secondary N) is 2. The molecule has 0 radical (unpaired) electrons. The second-order valence-electron chi connectivity index (χ2n) is 7.94. The van der Waals surface area contributed by atoms with Gasteiger partial charge in [0.05, 0.1) is 0 Å². The van der Waals surface area contributed by atoms with Crippen LogP contribution >= 0.6 is 0 Å². The number of ketones is 1. The fraction of sp³-hybridized carbons (Fsp3) is 0.500. The van der Waals surface area contributed by atoms with Gasteiger partial charge in [-0.05, 0) is 40.2 Å². The number of aryl methyl sites for hydroxylation is 1. The maximum atomic E-state index is 12.8. The zero-order chi connectivity index (χ0) is 20.4. The van der Waals surface area contributed by atoms with Crippen molar-refractivity contribution in [1.29, 1.82) is 0 Å². The molecule has 1 aliphatic rings. The Balaban J connectivity index is 2.02. The van der Waals surface area contributed by atoms with Gasteiger partial charge >= 0.3 is 6.03 Å². The number of hydrogen-bond donors (Lipinski definition) is 2. The van der Waals surface area contributed by atoms with Crippen molar-refractivity contribution >= 4 is 23.6 Å². The highest BCUT2D eigenvalue weighted by Crippen LogP contribution is 2.29. The van der Waals surface area contributed by atoms with Gasteiger partial charge in [-0.3, -0.25) is 19.3 Å². The molecule has 1 aromatic carbocycles. The maximum Gasteiger partial charge on any atom is 0.325 e. The molecule has 2 N–H and O–H groups in total. The first-order valence-electron chi connectivity index (χ1n) is 8.96. The summed E-state index contributed by atoms with van der Waals surface area (Å²) in [4.78, 5) is 49.7. The number of amides is 4. The van der Waals surface area contributed by atoms with E-state index in [1.165, 1.54) is 6.92 Å². The van der Waals surface area contributed by atoms with E-state index in [1.54, 1.807) is 20.8 Å². The number of carbonyl (C=O) groups excluding carboxylic acids is 4. The molecule has 2 rings (SSSR count). The van der Waals surface area contributed by atoms with Crippen LogP contribution in [0, 0.1) is 6.92 Å². The van der Waals surface area contributed by atoms with Gasteiger partial charge in [-0.25, -0.2) is 4.79 Å². The van der Waals surface area contributed by atoms with E-state index >= 15 is 0 Å². The fourth-order valence-electron chi connectivity index (χ4n) is 3.30. The third kappa shape index (κ3) is 4.72. The van der Waals surface area contributed by atoms with Crippen molar-refractivity contribution < 1.29 is 19.2 Å². The molecule has 4 amide bonds. The number of hydrogen-bond acceptors (Lipinski definition) is 4. The summed E-state index contributed by atoms with van der Waals surface area (Å²) < 4.78 is 0. The van der Waals surface area contributed by atoms with Crippen LogP contribution in [0.3, 0.4) is 0 Å². The average Bonchev–Trinajstić information content (AvgIpc) is 2.74. The minimum absolute atomic E-state index is 0.0197. The van der Waals surface area contributed by atoms with Gasteiger partial charge in [0, 0.05) is 24.9 Å². The lowest BCUT2D eigenvalue weighted by atomic mass is 9.91. The van der Waals surface area contributed by atoms with Crippen molar-refractivity contribution in [3.8, 4) is 0 Å². The van der Waals surface area contributed by atoms with Gasteiger partial charge in [-0.2, -0.15) is 0 Å². The van der Waals surface area contributed by atoms with Gasteiger partial charge in [0.25, 0.3) is 5.91 Å². The van der Waals surface area contributed by atoms with Crippen LogP contribution in [0.25, 0.3) is 0 Å². The Bertz CT molecular complexity index is 770. The number of benzene rings is 1. The second-order valence-corrected chi connectivity index (χ2v) is 7.94. The smallest absolute Gasteiger partial charge is 0.325 e. The van der Waals surface area contributed by atoms with E-state index in [1.807, 2.05) is 31.2 Å². The summed E-state index contributed by atoms with van der Waals surface area (Å²) in [6.45, 7) is 8.57. The molecule has 0 bridgehead atoms. The molecule has 0 unspecified atom stereocenters. The summed E-state index contributed by atoms with van der Waals surface area (Å²) in [5.41, 5.74) is -0.0620. The summed E-state index contributed by atoms with van der Waals surface area (Å²) in [6, 6.07) is 6.88. The number of urea groups is 1. The van der Waals surface area contributed by atoms with Crippen LogP contribution in [0.15, 0.2) is 24.3 Å². The third-order valence-electron chi connectivity index (χ3n) is 4.64. The maximum absolute atomic E-state index is 12.8. The predicted molar refractivity (Wildman–Crippen MR) is 101 cm³/mol. The van der Waals surface area contributed by atoms with Crippen LogP contribution in [-0.4, -0.2) is 40.6 Å². The molecule has 0 aliphatic carbocycles. The largest absolute Gasteiger partial charge is 0.351 e. The first-order valence-corrected chi connectivity index (χ1v) is 8.96. The van der Waals surface area contributed by atoms with Gasteiger partial charge in [0.1, 0.15) is 11.3 Å². The van der Waals surface area contributed by atoms with Crippen LogP contribution in [0.2, 0.25) is 0 Å². The number of imide groups is 1. The Labute approximate surface area is 159 Å². The first kappa shape index (κ1) is 20.6. The molecule has 27 heavy (non-hydrogen) atoms. The molecule has 0 aromatic heterocycles. The molecule has 1 fully saturated rings. The molecular formula is C20H27N3O4. The Morgan fingerprint density at radius 1 is 1.19 bits per heavy atom. The van der Waals surface area contributed by atoms with Crippen LogP contribution in [0.5, 0.6) is 0 Å². The molecule has 1 aliphatic heterocycles. The zero-order valence-corrected chi connectivity index (χ0v) is 16.5. The van der Waals surface area contributed by atoms with Crippen molar-refractivity contribution in [3.05, 3.63) is 35.4 Å². The second kappa shape index (κ2) is 7.50. The Morgan fingerprint density at radius 3 is 2.33 bits per heavy atom. The number of Topliss-reactive ketones (excluding diaryl/α,β-unsaturated/α-hetero) is 1. The van der Waals surface area contributed by atoms with Gasteiger partial charge < -0.3 is 10.6 Å². The van der Waals surface area contributed by atoms with E-state index in [0.717, 1.165) is 10.5 Å².